The molecule has 2 amide bonds. The number of hydrogen-bond acceptors (Lipinski definition) is 8. The van der Waals surface area contributed by atoms with Gasteiger partial charge in [-0.25, -0.2) is 0 Å². The molecule has 0 aliphatic carbocycles. The Labute approximate surface area is 176 Å². The van der Waals surface area contributed by atoms with Crippen LogP contribution in [0.15, 0.2) is 0 Å². The van der Waals surface area contributed by atoms with Gasteiger partial charge in [0.25, 0.3) is 11.8 Å². The first-order valence-electron chi connectivity index (χ1n) is 9.14. The van der Waals surface area contributed by atoms with Gasteiger partial charge in [0.1, 0.15) is 12.2 Å². The Kier molecular flexibility index (Phi) is 12.0. The number of nitrogens with zero attached hydrogens (tertiary/aromatic N) is 2. The molecule has 0 heterocycles. The van der Waals surface area contributed by atoms with E-state index in [0.29, 0.717) is 24.6 Å². The van der Waals surface area contributed by atoms with E-state index in [0.717, 1.165) is 0 Å². The van der Waals surface area contributed by atoms with Gasteiger partial charge in [-0.1, -0.05) is 49.3 Å². The summed E-state index contributed by atoms with van der Waals surface area (Å²) in [4.78, 5) is 27.2. The van der Waals surface area contributed by atoms with E-state index >= 15 is 0 Å². The third-order valence-electron chi connectivity index (χ3n) is 4.62. The molecule has 4 N–H and O–H groups in total. The molecule has 0 aliphatic rings. The highest BCUT2D eigenvalue weighted by Crippen LogP contribution is 2.24. The van der Waals surface area contributed by atoms with E-state index < -0.39 is 34.9 Å². The van der Waals surface area contributed by atoms with Crippen LogP contribution in [-0.2, 0) is 9.59 Å². The fourth-order valence-electron chi connectivity index (χ4n) is 1.95. The summed E-state index contributed by atoms with van der Waals surface area (Å²) in [7, 11) is 6.32. The van der Waals surface area contributed by atoms with E-state index in [2.05, 4.69) is 0 Å². The Morgan fingerprint density at radius 3 is 1.32 bits per heavy atom. The van der Waals surface area contributed by atoms with Gasteiger partial charge in [-0.15, -0.1) is 0 Å². The topological polar surface area (TPSA) is 122 Å². The van der Waals surface area contributed by atoms with Crippen LogP contribution < -0.4 is 0 Å². The molecule has 0 bridgehead atoms. The molecule has 0 spiro atoms. The SMILES string of the molecule is CN(CCSSCCN(C)C(=O)[C@H](O)C(C)(C)CO)C(=O)[C@H](O)C(C)(C)CO. The van der Waals surface area contributed by atoms with Crippen LogP contribution in [0.2, 0.25) is 0 Å². The highest BCUT2D eigenvalue weighted by molar-refractivity contribution is 8.76. The Bertz CT molecular complexity index is 460. The van der Waals surface area contributed by atoms with E-state index in [4.69, 9.17) is 0 Å². The Morgan fingerprint density at radius 1 is 0.786 bits per heavy atom. The molecule has 0 saturated carbocycles. The summed E-state index contributed by atoms with van der Waals surface area (Å²) in [5.74, 6) is 0.458. The smallest absolute Gasteiger partial charge is 0.251 e. The maximum Gasteiger partial charge on any atom is 0.251 e. The van der Waals surface area contributed by atoms with Gasteiger partial charge in [-0.05, 0) is 0 Å². The minimum atomic E-state index is -1.26. The first-order valence-corrected chi connectivity index (χ1v) is 11.6. The van der Waals surface area contributed by atoms with Gasteiger partial charge in [0.05, 0.1) is 13.2 Å². The summed E-state index contributed by atoms with van der Waals surface area (Å²) in [5, 5.41) is 38.6. The zero-order chi connectivity index (χ0) is 22.1. The van der Waals surface area contributed by atoms with E-state index in [1.54, 1.807) is 63.4 Å². The van der Waals surface area contributed by atoms with Crippen LogP contribution in [0.3, 0.4) is 0 Å². The van der Waals surface area contributed by atoms with Gasteiger partial charge in [0.2, 0.25) is 0 Å². The standard InChI is InChI=1S/C18H36N2O6S2/c1-17(2,11-21)13(23)15(25)19(5)7-9-27-28-10-8-20(6)16(26)14(24)18(3,4)12-22/h13-14,21-24H,7-12H2,1-6H3/t13-,14-/m0/s1. The molecule has 0 radical (unpaired) electrons. The lowest BCUT2D eigenvalue weighted by molar-refractivity contribution is -0.147. The molecule has 0 saturated heterocycles. The summed E-state index contributed by atoms with van der Waals surface area (Å²) in [6, 6.07) is 0. The number of likely N-dealkylation sites (N-methyl/N-ethyl adjacent to an activating group) is 2. The molecule has 0 rings (SSSR count). The van der Waals surface area contributed by atoms with Crippen molar-refractivity contribution < 1.29 is 30.0 Å². The van der Waals surface area contributed by atoms with Crippen molar-refractivity contribution in [3.63, 3.8) is 0 Å². The number of hydrogen-bond donors (Lipinski definition) is 4. The Morgan fingerprint density at radius 2 is 1.07 bits per heavy atom. The summed E-state index contributed by atoms with van der Waals surface area (Å²) in [6.07, 6.45) is -2.51. The predicted molar refractivity (Wildman–Crippen MR) is 114 cm³/mol. The second-order valence-corrected chi connectivity index (χ2v) is 11.0. The van der Waals surface area contributed by atoms with E-state index in [1.165, 1.54) is 9.80 Å². The lowest BCUT2D eigenvalue weighted by Gasteiger charge is -2.30. The second kappa shape index (κ2) is 12.2. The minimum absolute atomic E-state index is 0.283. The van der Waals surface area contributed by atoms with Gasteiger partial charge in [-0.2, -0.15) is 0 Å². The van der Waals surface area contributed by atoms with Crippen LogP contribution in [0.1, 0.15) is 27.7 Å². The number of carbonyl (C=O) groups is 2. The van der Waals surface area contributed by atoms with Crippen LogP contribution in [0.25, 0.3) is 0 Å². The molecule has 0 aliphatic heterocycles. The molecule has 0 aromatic carbocycles. The average Bonchev–Trinajstić information content (AvgIpc) is 2.67. The van der Waals surface area contributed by atoms with Crippen LogP contribution in [-0.4, -0.2) is 106 Å². The molecule has 0 aromatic heterocycles. The van der Waals surface area contributed by atoms with Crippen LogP contribution in [0.4, 0.5) is 0 Å². The molecule has 8 nitrogen and oxygen atoms in total. The largest absolute Gasteiger partial charge is 0.396 e. The monoisotopic (exact) mass is 440 g/mol. The summed E-state index contributed by atoms with van der Waals surface area (Å²) in [6.45, 7) is 6.85. The third kappa shape index (κ3) is 8.46. The lowest BCUT2D eigenvalue weighted by atomic mass is 9.87. The highest BCUT2D eigenvalue weighted by Gasteiger charge is 2.35. The summed E-state index contributed by atoms with van der Waals surface area (Å²) < 4.78 is 0. The van der Waals surface area contributed by atoms with Gasteiger partial charge >= 0.3 is 0 Å². The van der Waals surface area contributed by atoms with Crippen molar-refractivity contribution in [2.24, 2.45) is 10.8 Å². The first kappa shape index (κ1) is 27.5. The van der Waals surface area contributed by atoms with Crippen molar-refractivity contribution in [2.45, 2.75) is 39.9 Å². The van der Waals surface area contributed by atoms with Crippen molar-refractivity contribution in [3.8, 4) is 0 Å². The van der Waals surface area contributed by atoms with Crippen molar-refractivity contribution in [1.82, 2.24) is 9.80 Å². The van der Waals surface area contributed by atoms with Gasteiger partial charge in [0.15, 0.2) is 0 Å². The van der Waals surface area contributed by atoms with Crippen molar-refractivity contribution in [1.29, 1.82) is 0 Å². The molecule has 166 valence electrons. The fourth-order valence-corrected chi connectivity index (χ4v) is 4.03. The molecular weight excluding hydrogens is 404 g/mol. The normalized spacial score (nSPS) is 14.5. The second-order valence-electron chi connectivity index (χ2n) is 8.26. The molecular formula is C18H36N2O6S2. The fraction of sp³-hybridized carbons (Fsp3) is 0.889. The van der Waals surface area contributed by atoms with Gasteiger partial charge < -0.3 is 30.2 Å². The quantitative estimate of drug-likeness (QED) is 0.234. The van der Waals surface area contributed by atoms with E-state index in [-0.39, 0.29) is 13.2 Å². The number of carbonyl (C=O) groups excluding carboxylic acids is 2. The first-order chi connectivity index (χ1) is 12.8. The van der Waals surface area contributed by atoms with Crippen molar-refractivity contribution in [2.75, 3.05) is 51.9 Å². The third-order valence-corrected chi connectivity index (χ3v) is 6.98. The highest BCUT2D eigenvalue weighted by atomic mass is 33.1. The maximum absolute atomic E-state index is 12.2. The Balaban J connectivity index is 4.15. The lowest BCUT2D eigenvalue weighted by Crippen LogP contribution is -2.46. The molecule has 2 atom stereocenters. The average molecular weight is 441 g/mol. The number of rotatable bonds is 13. The van der Waals surface area contributed by atoms with Crippen LogP contribution >= 0.6 is 21.6 Å². The molecule has 0 aromatic rings. The molecule has 10 heteroatoms. The summed E-state index contributed by atoms with van der Waals surface area (Å²) in [5.41, 5.74) is -1.78. The van der Waals surface area contributed by atoms with E-state index in [9.17, 15) is 30.0 Å². The zero-order valence-electron chi connectivity index (χ0n) is 17.7. The molecule has 0 fully saturated rings. The van der Waals surface area contributed by atoms with Crippen LogP contribution in [0.5, 0.6) is 0 Å². The van der Waals surface area contributed by atoms with Gasteiger partial charge in [0, 0.05) is 49.5 Å². The van der Waals surface area contributed by atoms with Gasteiger partial charge in [-0.3, -0.25) is 9.59 Å². The molecule has 0 unspecified atom stereocenters. The molecule has 28 heavy (non-hydrogen) atoms. The number of aliphatic hydroxyl groups excluding tert-OH is 4. The maximum atomic E-state index is 12.2. The zero-order valence-corrected chi connectivity index (χ0v) is 19.3. The number of amides is 2. The Hall–Kier alpha value is -0.520. The predicted octanol–water partition coefficient (Wildman–Crippen LogP) is 0.0434. The van der Waals surface area contributed by atoms with E-state index in [1.807, 2.05) is 0 Å². The van der Waals surface area contributed by atoms with Crippen molar-refractivity contribution >= 4 is 33.4 Å². The van der Waals surface area contributed by atoms with Crippen molar-refractivity contribution in [3.05, 3.63) is 0 Å². The summed E-state index contributed by atoms with van der Waals surface area (Å²) >= 11 is 0. The minimum Gasteiger partial charge on any atom is -0.396 e. The van der Waals surface area contributed by atoms with Crippen LogP contribution in [0, 0.1) is 10.8 Å². The number of aliphatic hydroxyl groups is 4.